The molecule has 1 aliphatic heterocycles. The van der Waals surface area contributed by atoms with Gasteiger partial charge in [0.1, 0.15) is 17.5 Å². The van der Waals surface area contributed by atoms with Crippen LogP contribution in [0.1, 0.15) is 35.4 Å². The third-order valence-electron chi connectivity index (χ3n) is 6.22. The van der Waals surface area contributed by atoms with Crippen LogP contribution in [0.3, 0.4) is 0 Å². The third-order valence-corrected chi connectivity index (χ3v) is 7.83. The van der Waals surface area contributed by atoms with Gasteiger partial charge in [0.2, 0.25) is 0 Å². The van der Waals surface area contributed by atoms with Gasteiger partial charge in [0.15, 0.2) is 21.3 Å². The van der Waals surface area contributed by atoms with E-state index < -0.39 is 9.84 Å². The smallest absolute Gasteiger partial charge is 0.163 e. The highest BCUT2D eigenvalue weighted by molar-refractivity contribution is 7.91. The molecule has 0 bridgehead atoms. The van der Waals surface area contributed by atoms with E-state index in [1.807, 2.05) is 37.8 Å². The predicted octanol–water partition coefficient (Wildman–Crippen LogP) is 3.34. The van der Waals surface area contributed by atoms with Crippen LogP contribution in [0, 0.1) is 19.7 Å². The second-order valence-corrected chi connectivity index (χ2v) is 11.0. The lowest BCUT2D eigenvalue weighted by atomic mass is 9.93. The average molecular weight is 484 g/mol. The van der Waals surface area contributed by atoms with Crippen LogP contribution in [0.4, 0.5) is 21.8 Å². The van der Waals surface area contributed by atoms with Crippen LogP contribution in [-0.2, 0) is 9.84 Å². The van der Waals surface area contributed by atoms with Crippen LogP contribution < -0.4 is 10.2 Å². The van der Waals surface area contributed by atoms with Gasteiger partial charge < -0.3 is 10.2 Å². The van der Waals surface area contributed by atoms with Crippen LogP contribution in [0.25, 0.3) is 5.65 Å². The van der Waals surface area contributed by atoms with Gasteiger partial charge in [0.25, 0.3) is 0 Å². The topological polar surface area (TPSA) is 108 Å². The Kier molecular flexibility index (Phi) is 5.51. The maximum absolute atomic E-state index is 13.5. The molecule has 178 valence electrons. The van der Waals surface area contributed by atoms with Crippen molar-refractivity contribution in [1.29, 1.82) is 0 Å². The van der Waals surface area contributed by atoms with Crippen LogP contribution in [0.2, 0.25) is 0 Å². The van der Waals surface area contributed by atoms with E-state index in [1.165, 1.54) is 12.1 Å². The van der Waals surface area contributed by atoms with Crippen molar-refractivity contribution in [3.63, 3.8) is 0 Å². The maximum atomic E-state index is 13.5. The molecule has 1 atom stereocenters. The maximum Gasteiger partial charge on any atom is 0.163 e. The highest BCUT2D eigenvalue weighted by atomic mass is 32.2. The van der Waals surface area contributed by atoms with E-state index in [9.17, 15) is 12.8 Å². The molecule has 1 aromatic carbocycles. The first-order chi connectivity index (χ1) is 16.2. The first kappa shape index (κ1) is 22.3. The Hall–Kier alpha value is -3.47. The van der Waals surface area contributed by atoms with Crippen LogP contribution >= 0.6 is 0 Å². The van der Waals surface area contributed by atoms with Crippen molar-refractivity contribution < 1.29 is 12.8 Å². The van der Waals surface area contributed by atoms with E-state index in [0.717, 1.165) is 28.3 Å². The molecule has 2 N–H and O–H groups in total. The summed E-state index contributed by atoms with van der Waals surface area (Å²) in [4.78, 5) is 6.89. The van der Waals surface area contributed by atoms with Gasteiger partial charge >= 0.3 is 0 Å². The minimum Gasteiger partial charge on any atom is -0.354 e. The highest BCUT2D eigenvalue weighted by Crippen LogP contribution is 2.33. The lowest BCUT2D eigenvalue weighted by Gasteiger charge is -2.29. The Morgan fingerprint density at radius 1 is 1.09 bits per heavy atom. The first-order valence-electron chi connectivity index (χ1n) is 11.1. The molecule has 0 unspecified atom stereocenters. The van der Waals surface area contributed by atoms with Crippen molar-refractivity contribution in [1.82, 2.24) is 24.8 Å². The Bertz CT molecular complexity index is 1450. The Morgan fingerprint density at radius 3 is 2.44 bits per heavy atom. The zero-order valence-corrected chi connectivity index (χ0v) is 20.0. The number of halogens is 1. The molecule has 34 heavy (non-hydrogen) atoms. The quantitative estimate of drug-likeness (QED) is 0.448. The molecule has 3 aromatic heterocycles. The van der Waals surface area contributed by atoms with Gasteiger partial charge in [-0.25, -0.2) is 17.8 Å². The highest BCUT2D eigenvalue weighted by Gasteiger charge is 2.27. The summed E-state index contributed by atoms with van der Waals surface area (Å²) in [5.74, 6) is 1.79. The Morgan fingerprint density at radius 2 is 1.79 bits per heavy atom. The molecule has 0 spiro atoms. The number of anilines is 3. The predicted molar refractivity (Wildman–Crippen MR) is 129 cm³/mol. The number of benzene rings is 1. The molecule has 0 amide bonds. The number of nitrogens with one attached hydrogen (secondary N) is 2. The first-order valence-corrected chi connectivity index (χ1v) is 12.9. The lowest BCUT2D eigenvalue weighted by molar-refractivity contribution is 0.585. The molecule has 1 aliphatic rings. The van der Waals surface area contributed by atoms with Crippen molar-refractivity contribution in [3.05, 3.63) is 64.7 Å². The van der Waals surface area contributed by atoms with Gasteiger partial charge in [-0.2, -0.15) is 14.7 Å². The molecule has 11 heteroatoms. The van der Waals surface area contributed by atoms with Crippen LogP contribution in [0.5, 0.6) is 0 Å². The third kappa shape index (κ3) is 4.23. The molecular formula is C23H26FN7O2S. The fourth-order valence-corrected chi connectivity index (χ4v) is 5.59. The molecule has 1 fully saturated rings. The molecule has 1 saturated heterocycles. The van der Waals surface area contributed by atoms with Crippen molar-refractivity contribution >= 4 is 32.9 Å². The summed E-state index contributed by atoms with van der Waals surface area (Å²) in [7, 11) is -3.04. The fraction of sp³-hybridized carbons (Fsp3) is 0.348. The number of nitrogens with zero attached hydrogens (tertiary/aromatic N) is 5. The molecule has 4 aromatic rings. The minimum absolute atomic E-state index is 0.0805. The number of hydrogen-bond acceptors (Lipinski definition) is 7. The summed E-state index contributed by atoms with van der Waals surface area (Å²) >= 11 is 0. The number of fused-ring (bicyclic) bond motifs is 1. The SMILES string of the molecule is Cc1cc(Nc2cc(N3CCS(=O)(=O)CC3)n3nc(C)c([C@@H](C)c4ccc(F)cc4)c3n2)n[nH]1. The standard InChI is InChI=1S/C23H26FN7O2S/c1-14-12-20(28-27-14)25-19-13-21(30-8-10-34(32,33)11-9-30)31-23(26-19)22(16(3)29-31)15(2)17-4-6-18(24)7-5-17/h4-7,12-13,15H,8-11H2,1-3H3,(H2,25,26,27,28)/t15-/m0/s1. The summed E-state index contributed by atoms with van der Waals surface area (Å²) in [6, 6.07) is 10.2. The van der Waals surface area contributed by atoms with Gasteiger partial charge in [-0.1, -0.05) is 19.1 Å². The number of hydrogen-bond donors (Lipinski definition) is 2. The van der Waals surface area contributed by atoms with E-state index in [0.29, 0.717) is 30.4 Å². The normalized spacial score (nSPS) is 16.6. The van der Waals surface area contributed by atoms with E-state index >= 15 is 0 Å². The number of aromatic amines is 1. The fourth-order valence-electron chi connectivity index (χ4n) is 4.39. The Balaban J connectivity index is 1.64. The molecule has 0 radical (unpaired) electrons. The number of H-pyrrole nitrogens is 1. The Labute approximate surface area is 196 Å². The molecule has 0 aliphatic carbocycles. The summed E-state index contributed by atoms with van der Waals surface area (Å²) in [5.41, 5.74) is 4.27. The molecular weight excluding hydrogens is 457 g/mol. The number of rotatable bonds is 5. The summed E-state index contributed by atoms with van der Waals surface area (Å²) < 4.78 is 39.3. The summed E-state index contributed by atoms with van der Waals surface area (Å²) in [6.45, 7) is 6.65. The molecule has 9 nitrogen and oxygen atoms in total. The van der Waals surface area contributed by atoms with Crippen molar-refractivity contribution in [2.45, 2.75) is 26.7 Å². The van der Waals surface area contributed by atoms with Crippen molar-refractivity contribution in [3.8, 4) is 0 Å². The van der Waals surface area contributed by atoms with Gasteiger partial charge in [-0.15, -0.1) is 0 Å². The van der Waals surface area contributed by atoms with E-state index in [4.69, 9.17) is 10.1 Å². The summed E-state index contributed by atoms with van der Waals surface area (Å²) in [5, 5.41) is 15.2. The zero-order valence-electron chi connectivity index (χ0n) is 19.2. The van der Waals surface area contributed by atoms with E-state index in [2.05, 4.69) is 15.5 Å². The average Bonchev–Trinajstić information content (AvgIpc) is 3.35. The van der Waals surface area contributed by atoms with Crippen molar-refractivity contribution in [2.75, 3.05) is 34.8 Å². The monoisotopic (exact) mass is 483 g/mol. The summed E-state index contributed by atoms with van der Waals surface area (Å²) in [6.07, 6.45) is 0. The van der Waals surface area contributed by atoms with Gasteiger partial charge in [-0.3, -0.25) is 5.10 Å². The van der Waals surface area contributed by atoms with E-state index in [1.54, 1.807) is 16.6 Å². The van der Waals surface area contributed by atoms with Gasteiger partial charge in [0, 0.05) is 42.4 Å². The second-order valence-electron chi connectivity index (χ2n) is 8.71. The van der Waals surface area contributed by atoms with Gasteiger partial charge in [0.05, 0.1) is 17.2 Å². The zero-order chi connectivity index (χ0) is 24.0. The minimum atomic E-state index is -3.04. The molecule has 5 rings (SSSR count). The van der Waals surface area contributed by atoms with Crippen LogP contribution in [-0.4, -0.2) is 57.8 Å². The number of aryl methyl sites for hydroxylation is 2. The lowest BCUT2D eigenvalue weighted by Crippen LogP contribution is -2.41. The van der Waals surface area contributed by atoms with E-state index in [-0.39, 0.29) is 23.2 Å². The van der Waals surface area contributed by atoms with Gasteiger partial charge in [-0.05, 0) is 31.5 Å². The second kappa shape index (κ2) is 8.39. The molecule has 4 heterocycles. The number of sulfone groups is 1. The molecule has 0 saturated carbocycles. The van der Waals surface area contributed by atoms with Crippen molar-refractivity contribution in [2.24, 2.45) is 0 Å². The largest absolute Gasteiger partial charge is 0.354 e. The van der Waals surface area contributed by atoms with Crippen LogP contribution in [0.15, 0.2) is 36.4 Å². The number of aromatic nitrogens is 5.